The lowest BCUT2D eigenvalue weighted by Gasteiger charge is -2.18. The van der Waals surface area contributed by atoms with Gasteiger partial charge in [-0.25, -0.2) is 4.98 Å². The Morgan fingerprint density at radius 3 is 2.86 bits per heavy atom. The Labute approximate surface area is 129 Å². The highest BCUT2D eigenvalue weighted by Gasteiger charge is 2.18. The SMILES string of the molecule is CCCNC(c1cnc2ccccc2c1)c1scnc1C. The second-order valence-corrected chi connectivity index (χ2v) is 6.04. The highest BCUT2D eigenvalue weighted by Crippen LogP contribution is 2.29. The zero-order chi connectivity index (χ0) is 14.7. The lowest BCUT2D eigenvalue weighted by Crippen LogP contribution is -2.23. The van der Waals surface area contributed by atoms with Crippen LogP contribution in [0.2, 0.25) is 0 Å². The molecule has 2 aromatic heterocycles. The molecule has 0 saturated heterocycles. The van der Waals surface area contributed by atoms with Crippen molar-refractivity contribution in [1.82, 2.24) is 15.3 Å². The lowest BCUT2D eigenvalue weighted by molar-refractivity contribution is 0.602. The summed E-state index contributed by atoms with van der Waals surface area (Å²) in [6.45, 7) is 5.23. The first-order valence-corrected chi connectivity index (χ1v) is 8.15. The maximum atomic E-state index is 4.59. The van der Waals surface area contributed by atoms with E-state index >= 15 is 0 Å². The van der Waals surface area contributed by atoms with Crippen molar-refractivity contribution in [2.24, 2.45) is 0 Å². The van der Waals surface area contributed by atoms with Crippen molar-refractivity contribution in [1.29, 1.82) is 0 Å². The van der Waals surface area contributed by atoms with Crippen LogP contribution in [0.1, 0.15) is 35.5 Å². The minimum absolute atomic E-state index is 0.176. The second kappa shape index (κ2) is 6.33. The van der Waals surface area contributed by atoms with E-state index in [0.717, 1.165) is 24.2 Å². The molecule has 0 spiro atoms. The van der Waals surface area contributed by atoms with Crippen LogP contribution in [-0.2, 0) is 0 Å². The highest BCUT2D eigenvalue weighted by atomic mass is 32.1. The zero-order valence-corrected chi connectivity index (χ0v) is 13.2. The standard InChI is InChI=1S/C17H19N3S/c1-3-8-18-16(17-12(2)20-11-21-17)14-9-13-6-4-5-7-15(13)19-10-14/h4-7,9-11,16,18H,3,8H2,1-2H3. The summed E-state index contributed by atoms with van der Waals surface area (Å²) < 4.78 is 0. The summed E-state index contributed by atoms with van der Waals surface area (Å²) in [7, 11) is 0. The molecule has 0 aliphatic carbocycles. The van der Waals surface area contributed by atoms with E-state index in [1.165, 1.54) is 15.8 Å². The topological polar surface area (TPSA) is 37.8 Å². The van der Waals surface area contributed by atoms with Crippen molar-refractivity contribution < 1.29 is 0 Å². The van der Waals surface area contributed by atoms with E-state index in [1.807, 2.05) is 23.8 Å². The Hall–Kier alpha value is -1.78. The minimum Gasteiger partial charge on any atom is -0.305 e. The number of para-hydroxylation sites is 1. The van der Waals surface area contributed by atoms with Gasteiger partial charge in [0.25, 0.3) is 0 Å². The molecular formula is C17H19N3S. The molecule has 3 nitrogen and oxygen atoms in total. The first kappa shape index (κ1) is 14.2. The number of nitrogens with zero attached hydrogens (tertiary/aromatic N) is 2. The lowest BCUT2D eigenvalue weighted by atomic mass is 10.0. The molecule has 0 aliphatic heterocycles. The Morgan fingerprint density at radius 1 is 1.24 bits per heavy atom. The number of benzene rings is 1. The van der Waals surface area contributed by atoms with E-state index in [1.54, 1.807) is 11.3 Å². The van der Waals surface area contributed by atoms with Crippen LogP contribution in [0.5, 0.6) is 0 Å². The zero-order valence-electron chi connectivity index (χ0n) is 12.3. The van der Waals surface area contributed by atoms with Gasteiger partial charge in [0.2, 0.25) is 0 Å². The molecule has 3 aromatic rings. The van der Waals surface area contributed by atoms with Gasteiger partial charge in [-0.1, -0.05) is 25.1 Å². The summed E-state index contributed by atoms with van der Waals surface area (Å²) in [5, 5.41) is 4.81. The molecule has 3 rings (SSSR count). The molecule has 108 valence electrons. The molecule has 1 atom stereocenters. The van der Waals surface area contributed by atoms with Gasteiger partial charge < -0.3 is 5.32 Å². The van der Waals surface area contributed by atoms with Crippen LogP contribution in [0.25, 0.3) is 10.9 Å². The smallest absolute Gasteiger partial charge is 0.0798 e. The van der Waals surface area contributed by atoms with Crippen LogP contribution in [0.3, 0.4) is 0 Å². The van der Waals surface area contributed by atoms with Gasteiger partial charge in [-0.3, -0.25) is 4.98 Å². The van der Waals surface area contributed by atoms with Crippen molar-refractivity contribution in [2.45, 2.75) is 26.3 Å². The molecule has 4 heteroatoms. The number of aryl methyl sites for hydroxylation is 1. The fourth-order valence-corrected chi connectivity index (χ4v) is 3.39. The van der Waals surface area contributed by atoms with E-state index in [0.29, 0.717) is 0 Å². The van der Waals surface area contributed by atoms with Gasteiger partial charge in [-0.15, -0.1) is 11.3 Å². The average molecular weight is 297 g/mol. The summed E-state index contributed by atoms with van der Waals surface area (Å²) >= 11 is 1.71. The number of rotatable bonds is 5. The highest BCUT2D eigenvalue weighted by molar-refractivity contribution is 7.09. The molecule has 2 heterocycles. The molecule has 0 saturated carbocycles. The van der Waals surface area contributed by atoms with E-state index in [2.05, 4.69) is 47.3 Å². The Morgan fingerprint density at radius 2 is 2.10 bits per heavy atom. The minimum atomic E-state index is 0.176. The summed E-state index contributed by atoms with van der Waals surface area (Å²) in [5.41, 5.74) is 5.26. The van der Waals surface area contributed by atoms with Crippen LogP contribution in [0.4, 0.5) is 0 Å². The number of fused-ring (bicyclic) bond motifs is 1. The molecule has 0 amide bonds. The van der Waals surface area contributed by atoms with E-state index < -0.39 is 0 Å². The number of pyridine rings is 1. The largest absolute Gasteiger partial charge is 0.305 e. The predicted molar refractivity (Wildman–Crippen MR) is 88.7 cm³/mol. The third-order valence-electron chi connectivity index (χ3n) is 3.59. The van der Waals surface area contributed by atoms with Crippen molar-refractivity contribution in [3.63, 3.8) is 0 Å². The van der Waals surface area contributed by atoms with E-state index in [4.69, 9.17) is 0 Å². The van der Waals surface area contributed by atoms with Gasteiger partial charge in [0.15, 0.2) is 0 Å². The Kier molecular flexibility index (Phi) is 4.27. The third-order valence-corrected chi connectivity index (χ3v) is 4.58. The second-order valence-electron chi connectivity index (χ2n) is 5.15. The van der Waals surface area contributed by atoms with Crippen LogP contribution in [-0.4, -0.2) is 16.5 Å². The van der Waals surface area contributed by atoms with Crippen LogP contribution < -0.4 is 5.32 Å². The van der Waals surface area contributed by atoms with Crippen molar-refractivity contribution in [3.05, 3.63) is 58.2 Å². The van der Waals surface area contributed by atoms with Gasteiger partial charge in [0, 0.05) is 16.5 Å². The third kappa shape index (κ3) is 2.96. The molecule has 0 fully saturated rings. The summed E-state index contributed by atoms with van der Waals surface area (Å²) in [6.07, 6.45) is 3.09. The van der Waals surface area contributed by atoms with Crippen molar-refractivity contribution in [3.8, 4) is 0 Å². The van der Waals surface area contributed by atoms with Crippen molar-refractivity contribution in [2.75, 3.05) is 6.54 Å². The molecule has 1 aromatic carbocycles. The van der Waals surface area contributed by atoms with Crippen LogP contribution in [0.15, 0.2) is 42.0 Å². The summed E-state index contributed by atoms with van der Waals surface area (Å²) in [4.78, 5) is 10.3. The van der Waals surface area contributed by atoms with Gasteiger partial charge >= 0.3 is 0 Å². The average Bonchev–Trinajstić information content (AvgIpc) is 2.94. The van der Waals surface area contributed by atoms with Crippen LogP contribution in [0, 0.1) is 6.92 Å². The first-order valence-electron chi connectivity index (χ1n) is 7.27. The molecule has 1 unspecified atom stereocenters. The fraction of sp³-hybridized carbons (Fsp3) is 0.294. The normalized spacial score (nSPS) is 12.7. The van der Waals surface area contributed by atoms with E-state index in [9.17, 15) is 0 Å². The quantitative estimate of drug-likeness (QED) is 0.771. The predicted octanol–water partition coefficient (Wildman–Crippen LogP) is 4.09. The summed E-state index contributed by atoms with van der Waals surface area (Å²) in [5.74, 6) is 0. The molecule has 21 heavy (non-hydrogen) atoms. The van der Waals surface area contributed by atoms with Gasteiger partial charge in [0.05, 0.1) is 22.8 Å². The Balaban J connectivity index is 2.03. The van der Waals surface area contributed by atoms with Crippen molar-refractivity contribution >= 4 is 22.2 Å². The molecule has 0 radical (unpaired) electrons. The number of hydrogen-bond donors (Lipinski definition) is 1. The molecule has 0 aliphatic rings. The Bertz CT molecular complexity index is 735. The fourth-order valence-electron chi connectivity index (χ4n) is 2.48. The monoisotopic (exact) mass is 297 g/mol. The van der Waals surface area contributed by atoms with Crippen LogP contribution >= 0.6 is 11.3 Å². The maximum Gasteiger partial charge on any atom is 0.0798 e. The van der Waals surface area contributed by atoms with E-state index in [-0.39, 0.29) is 6.04 Å². The summed E-state index contributed by atoms with van der Waals surface area (Å²) in [6, 6.07) is 10.6. The van der Waals surface area contributed by atoms with Gasteiger partial charge in [0.1, 0.15) is 0 Å². The number of nitrogens with one attached hydrogen (secondary N) is 1. The number of thiazole rings is 1. The molecule has 1 N–H and O–H groups in total. The number of hydrogen-bond acceptors (Lipinski definition) is 4. The first-order chi connectivity index (χ1) is 10.3. The molecule has 0 bridgehead atoms. The maximum absolute atomic E-state index is 4.59. The van der Waals surface area contributed by atoms with Gasteiger partial charge in [-0.05, 0) is 37.6 Å². The molecular weight excluding hydrogens is 278 g/mol. The van der Waals surface area contributed by atoms with Gasteiger partial charge in [-0.2, -0.15) is 0 Å². The number of aromatic nitrogens is 2.